The fourth-order valence-electron chi connectivity index (χ4n) is 1.92. The molecule has 2 N–H and O–H groups in total. The molecule has 0 spiro atoms. The third-order valence-corrected chi connectivity index (χ3v) is 3.83. The predicted molar refractivity (Wildman–Crippen MR) is 85.9 cm³/mol. The number of hydrogen-bond acceptors (Lipinski definition) is 2. The Morgan fingerprint density at radius 3 is 2.71 bits per heavy atom. The molecule has 21 heavy (non-hydrogen) atoms. The summed E-state index contributed by atoms with van der Waals surface area (Å²) in [7, 11) is 0. The summed E-state index contributed by atoms with van der Waals surface area (Å²) in [6.45, 7) is 3.53. The highest BCUT2D eigenvalue weighted by Crippen LogP contribution is 2.22. The predicted octanol–water partition coefficient (Wildman–Crippen LogP) is 3.95. The fourth-order valence-corrected chi connectivity index (χ4v) is 2.37. The molecular weight excluding hydrogens is 335 g/mol. The van der Waals surface area contributed by atoms with Crippen LogP contribution < -0.4 is 10.6 Å². The Hall–Kier alpha value is -1.72. The molecule has 2 aromatic rings. The van der Waals surface area contributed by atoms with Crippen LogP contribution in [0.2, 0.25) is 0 Å². The van der Waals surface area contributed by atoms with Gasteiger partial charge >= 0.3 is 0 Å². The largest absolute Gasteiger partial charge is 0.322 e. The van der Waals surface area contributed by atoms with Crippen molar-refractivity contribution in [2.24, 2.45) is 0 Å². The molecule has 0 aliphatic heterocycles. The quantitative estimate of drug-likeness (QED) is 0.857. The Labute approximate surface area is 131 Å². The van der Waals surface area contributed by atoms with E-state index in [1.54, 1.807) is 6.07 Å². The number of hydrogen-bond donors (Lipinski definition) is 2. The topological polar surface area (TPSA) is 41.1 Å². The molecule has 0 fully saturated rings. The van der Waals surface area contributed by atoms with Crippen LogP contribution in [0.4, 0.5) is 10.1 Å². The van der Waals surface area contributed by atoms with Crippen molar-refractivity contribution in [3.05, 3.63) is 63.9 Å². The van der Waals surface area contributed by atoms with E-state index in [1.807, 2.05) is 31.2 Å². The number of rotatable bonds is 5. The van der Waals surface area contributed by atoms with E-state index in [4.69, 9.17) is 0 Å². The van der Waals surface area contributed by atoms with E-state index in [0.29, 0.717) is 6.54 Å². The first-order valence-corrected chi connectivity index (χ1v) is 7.46. The monoisotopic (exact) mass is 350 g/mol. The number of halogens is 2. The highest BCUT2D eigenvalue weighted by Gasteiger charge is 2.14. The molecule has 0 saturated carbocycles. The molecule has 0 aliphatic carbocycles. The van der Waals surface area contributed by atoms with Gasteiger partial charge in [-0.3, -0.25) is 4.79 Å². The van der Waals surface area contributed by atoms with Crippen LogP contribution in [-0.4, -0.2) is 12.5 Å². The molecule has 0 saturated heterocycles. The van der Waals surface area contributed by atoms with Crippen molar-refractivity contribution in [1.29, 1.82) is 0 Å². The van der Waals surface area contributed by atoms with Gasteiger partial charge in [-0.15, -0.1) is 0 Å². The summed E-state index contributed by atoms with van der Waals surface area (Å²) in [6, 6.07) is 11.9. The SMILES string of the molecule is CCNCc1ccccc1NC(=O)c1cccc(F)c1Br. The van der Waals surface area contributed by atoms with Gasteiger partial charge in [-0.05, 0) is 46.2 Å². The van der Waals surface area contributed by atoms with Gasteiger partial charge in [-0.25, -0.2) is 4.39 Å². The maximum Gasteiger partial charge on any atom is 0.256 e. The number of carbonyl (C=O) groups is 1. The summed E-state index contributed by atoms with van der Waals surface area (Å²) in [5, 5.41) is 6.05. The zero-order valence-corrected chi connectivity index (χ0v) is 13.2. The molecule has 1 amide bonds. The third-order valence-electron chi connectivity index (χ3n) is 3.03. The van der Waals surface area contributed by atoms with Gasteiger partial charge in [0.2, 0.25) is 0 Å². The van der Waals surface area contributed by atoms with E-state index in [-0.39, 0.29) is 15.9 Å². The number of amides is 1. The molecule has 2 aromatic carbocycles. The lowest BCUT2D eigenvalue weighted by Gasteiger charge is -2.12. The fraction of sp³-hybridized carbons (Fsp3) is 0.188. The summed E-state index contributed by atoms with van der Waals surface area (Å²) in [5.74, 6) is -0.797. The molecular formula is C16H16BrFN2O. The Morgan fingerprint density at radius 1 is 1.19 bits per heavy atom. The number of nitrogens with one attached hydrogen (secondary N) is 2. The highest BCUT2D eigenvalue weighted by molar-refractivity contribution is 9.10. The van der Waals surface area contributed by atoms with Gasteiger partial charge in [-0.1, -0.05) is 31.2 Å². The van der Waals surface area contributed by atoms with Crippen molar-refractivity contribution in [3.8, 4) is 0 Å². The van der Waals surface area contributed by atoms with Gasteiger partial charge in [0, 0.05) is 12.2 Å². The standard InChI is InChI=1S/C16H16BrFN2O/c1-2-19-10-11-6-3-4-9-14(11)20-16(21)12-7-5-8-13(18)15(12)17/h3-9,19H,2,10H2,1H3,(H,20,21). The molecule has 0 atom stereocenters. The van der Waals surface area contributed by atoms with Gasteiger partial charge in [0.1, 0.15) is 5.82 Å². The van der Waals surface area contributed by atoms with E-state index < -0.39 is 5.82 Å². The van der Waals surface area contributed by atoms with Gasteiger partial charge in [0.15, 0.2) is 0 Å². The van der Waals surface area contributed by atoms with Gasteiger partial charge in [0.05, 0.1) is 10.0 Å². The number of carbonyl (C=O) groups excluding carboxylic acids is 1. The Balaban J connectivity index is 2.22. The summed E-state index contributed by atoms with van der Waals surface area (Å²) in [5.41, 5.74) is 1.98. The minimum Gasteiger partial charge on any atom is -0.322 e. The molecule has 110 valence electrons. The zero-order valence-electron chi connectivity index (χ0n) is 11.6. The lowest BCUT2D eigenvalue weighted by Crippen LogP contribution is -2.17. The van der Waals surface area contributed by atoms with E-state index >= 15 is 0 Å². The zero-order chi connectivity index (χ0) is 15.2. The second-order valence-electron chi connectivity index (χ2n) is 4.49. The smallest absolute Gasteiger partial charge is 0.256 e. The molecule has 0 unspecified atom stereocenters. The Kier molecular flexibility index (Phi) is 5.47. The van der Waals surface area contributed by atoms with E-state index in [0.717, 1.165) is 17.8 Å². The summed E-state index contributed by atoms with van der Waals surface area (Å²) in [6.07, 6.45) is 0. The molecule has 0 aliphatic rings. The molecule has 0 aromatic heterocycles. The Bertz CT molecular complexity index is 646. The number of para-hydroxylation sites is 1. The molecule has 5 heteroatoms. The minimum atomic E-state index is -0.455. The van der Waals surface area contributed by atoms with Crippen molar-refractivity contribution < 1.29 is 9.18 Å². The van der Waals surface area contributed by atoms with Crippen LogP contribution in [0.5, 0.6) is 0 Å². The number of benzene rings is 2. The molecule has 0 bridgehead atoms. The lowest BCUT2D eigenvalue weighted by molar-refractivity contribution is 0.102. The third kappa shape index (κ3) is 3.89. The van der Waals surface area contributed by atoms with E-state index in [9.17, 15) is 9.18 Å². The first-order chi connectivity index (χ1) is 10.1. The van der Waals surface area contributed by atoms with Crippen LogP contribution in [0.1, 0.15) is 22.8 Å². The second-order valence-corrected chi connectivity index (χ2v) is 5.29. The van der Waals surface area contributed by atoms with Crippen LogP contribution >= 0.6 is 15.9 Å². The minimum absolute atomic E-state index is 0.173. The van der Waals surface area contributed by atoms with E-state index in [1.165, 1.54) is 12.1 Å². The first-order valence-electron chi connectivity index (χ1n) is 6.67. The maximum absolute atomic E-state index is 13.5. The average Bonchev–Trinajstić information content (AvgIpc) is 2.49. The van der Waals surface area contributed by atoms with Crippen molar-refractivity contribution in [2.45, 2.75) is 13.5 Å². The van der Waals surface area contributed by atoms with Crippen molar-refractivity contribution in [3.63, 3.8) is 0 Å². The normalized spacial score (nSPS) is 10.4. The van der Waals surface area contributed by atoms with Crippen molar-refractivity contribution in [2.75, 3.05) is 11.9 Å². The summed E-state index contributed by atoms with van der Waals surface area (Å²) in [4.78, 5) is 12.3. The van der Waals surface area contributed by atoms with Crippen molar-refractivity contribution in [1.82, 2.24) is 5.32 Å². The van der Waals surface area contributed by atoms with Gasteiger partial charge in [-0.2, -0.15) is 0 Å². The highest BCUT2D eigenvalue weighted by atomic mass is 79.9. The van der Waals surface area contributed by atoms with Crippen LogP contribution in [0, 0.1) is 5.82 Å². The number of anilines is 1. The average molecular weight is 351 g/mol. The second kappa shape index (κ2) is 7.33. The van der Waals surface area contributed by atoms with Crippen LogP contribution in [-0.2, 0) is 6.54 Å². The molecule has 0 heterocycles. The Morgan fingerprint density at radius 2 is 1.95 bits per heavy atom. The maximum atomic E-state index is 13.5. The molecule has 0 radical (unpaired) electrons. The molecule has 3 nitrogen and oxygen atoms in total. The first kappa shape index (κ1) is 15.7. The summed E-state index contributed by atoms with van der Waals surface area (Å²) >= 11 is 3.11. The van der Waals surface area contributed by atoms with Gasteiger partial charge < -0.3 is 10.6 Å². The van der Waals surface area contributed by atoms with Crippen LogP contribution in [0.3, 0.4) is 0 Å². The van der Waals surface area contributed by atoms with Crippen molar-refractivity contribution >= 4 is 27.5 Å². The van der Waals surface area contributed by atoms with E-state index in [2.05, 4.69) is 26.6 Å². The van der Waals surface area contributed by atoms with Crippen LogP contribution in [0.15, 0.2) is 46.9 Å². The van der Waals surface area contributed by atoms with Gasteiger partial charge in [0.25, 0.3) is 5.91 Å². The van der Waals surface area contributed by atoms with Crippen LogP contribution in [0.25, 0.3) is 0 Å². The summed E-state index contributed by atoms with van der Waals surface area (Å²) < 4.78 is 13.7. The molecule has 2 rings (SSSR count). The lowest BCUT2D eigenvalue weighted by atomic mass is 10.1.